The molecule has 0 radical (unpaired) electrons. The zero-order valence-electron chi connectivity index (χ0n) is 29.8. The van der Waals surface area contributed by atoms with Gasteiger partial charge in [-0.1, -0.05) is 108 Å². The zero-order chi connectivity index (χ0) is 34.4. The molecular weight excluding hydrogens is 605 g/mol. The van der Waals surface area contributed by atoms with E-state index in [1.807, 2.05) is 21.1 Å². The number of carbonyl (C=O) groups is 2. The third-order valence-corrected chi connectivity index (χ3v) is 8.17. The topological polar surface area (TPSA) is 108 Å². The normalized spacial score (nSPS) is 14.3. The Hall–Kier alpha value is -1.77. The predicted octanol–water partition coefficient (Wildman–Crippen LogP) is 9.01. The van der Waals surface area contributed by atoms with Crippen molar-refractivity contribution in [1.29, 1.82) is 0 Å². The summed E-state index contributed by atoms with van der Waals surface area (Å²) in [4.78, 5) is 34.9. The molecule has 0 rings (SSSR count). The summed E-state index contributed by atoms with van der Waals surface area (Å²) >= 11 is 0. The highest BCUT2D eigenvalue weighted by atomic mass is 31.2. The number of nitrogens with zero attached hydrogens (tertiary/aromatic N) is 1. The summed E-state index contributed by atoms with van der Waals surface area (Å²) in [6.45, 7) is 4.21. The molecule has 0 amide bonds. The minimum absolute atomic E-state index is 0.0285. The zero-order valence-corrected chi connectivity index (χ0v) is 30.7. The van der Waals surface area contributed by atoms with Crippen molar-refractivity contribution in [3.05, 3.63) is 36.5 Å². The molecule has 0 spiro atoms. The van der Waals surface area contributed by atoms with Crippen LogP contribution in [0.4, 0.5) is 0 Å². The van der Waals surface area contributed by atoms with E-state index < -0.39 is 26.5 Å². The van der Waals surface area contributed by atoms with Crippen molar-refractivity contribution in [3.8, 4) is 0 Å². The summed E-state index contributed by atoms with van der Waals surface area (Å²) in [5.41, 5.74) is 0. The fourth-order valence-corrected chi connectivity index (χ4v) is 5.12. The number of allylic oxidation sites excluding steroid dienone is 6. The molecule has 0 fully saturated rings. The Bertz CT molecular complexity index is 897. The second-order valence-electron chi connectivity index (χ2n) is 12.9. The highest BCUT2D eigenvalue weighted by molar-refractivity contribution is 7.47. The number of likely N-dealkylation sites (N-methyl/N-ethyl adjacent to an activating group) is 1. The number of phosphoric ester groups is 1. The summed E-state index contributed by atoms with van der Waals surface area (Å²) in [5, 5.41) is 0. The molecule has 0 heterocycles. The highest BCUT2D eigenvalue weighted by Crippen LogP contribution is 2.43. The number of quaternary nitrogens is 1. The first-order valence-corrected chi connectivity index (χ1v) is 19.2. The number of rotatable bonds is 31. The highest BCUT2D eigenvalue weighted by Gasteiger charge is 2.27. The van der Waals surface area contributed by atoms with Gasteiger partial charge in [-0.2, -0.15) is 0 Å². The van der Waals surface area contributed by atoms with Gasteiger partial charge >= 0.3 is 19.8 Å². The fourth-order valence-electron chi connectivity index (χ4n) is 4.38. The van der Waals surface area contributed by atoms with Gasteiger partial charge in [0, 0.05) is 12.8 Å². The van der Waals surface area contributed by atoms with E-state index in [0.717, 1.165) is 77.0 Å². The molecule has 0 saturated heterocycles. The average Bonchev–Trinajstić information content (AvgIpc) is 2.99. The van der Waals surface area contributed by atoms with Gasteiger partial charge in [0.25, 0.3) is 0 Å². The van der Waals surface area contributed by atoms with Crippen LogP contribution < -0.4 is 0 Å². The standard InChI is InChI=1S/C36H66NO8P/c1-6-8-10-12-14-15-16-17-18-19-20-21-23-24-26-28-35(38)42-32-34(33-44-46(40,41)43-31-30-37(3,4)5)45-36(39)29-27-25-22-13-11-9-7-2/h8,10,14-15,17-18,34H,6-7,9,11-13,16,19-33H2,1-5H3/p+1/b10-8+,15-14+,18-17+/t34-/m0/s1. The van der Waals surface area contributed by atoms with E-state index in [1.54, 1.807) is 0 Å². The molecule has 268 valence electrons. The van der Waals surface area contributed by atoms with Crippen molar-refractivity contribution < 1.29 is 42.1 Å². The third kappa shape index (κ3) is 32.2. The van der Waals surface area contributed by atoms with Crippen LogP contribution in [-0.4, -0.2) is 74.9 Å². The Morgan fingerprint density at radius 3 is 1.85 bits per heavy atom. The lowest BCUT2D eigenvalue weighted by molar-refractivity contribution is -0.870. The second kappa shape index (κ2) is 29.4. The van der Waals surface area contributed by atoms with Gasteiger partial charge in [-0.05, 0) is 44.9 Å². The van der Waals surface area contributed by atoms with Crippen LogP contribution in [0.5, 0.6) is 0 Å². The van der Waals surface area contributed by atoms with Crippen LogP contribution in [0.3, 0.4) is 0 Å². The number of phosphoric acid groups is 1. The first-order valence-electron chi connectivity index (χ1n) is 17.7. The van der Waals surface area contributed by atoms with Crippen LogP contribution in [0, 0.1) is 0 Å². The summed E-state index contributed by atoms with van der Waals surface area (Å²) in [6, 6.07) is 0. The summed E-state index contributed by atoms with van der Waals surface area (Å²) in [7, 11) is 1.46. The number of carbonyl (C=O) groups excluding carboxylic acids is 2. The molecule has 1 N–H and O–H groups in total. The maximum absolute atomic E-state index is 12.5. The Morgan fingerprint density at radius 2 is 1.24 bits per heavy atom. The molecule has 0 aliphatic carbocycles. The minimum atomic E-state index is -4.36. The van der Waals surface area contributed by atoms with E-state index in [9.17, 15) is 19.0 Å². The van der Waals surface area contributed by atoms with Crippen molar-refractivity contribution in [2.45, 2.75) is 136 Å². The molecule has 0 saturated carbocycles. The van der Waals surface area contributed by atoms with Crippen molar-refractivity contribution in [2.75, 3.05) is 47.5 Å². The van der Waals surface area contributed by atoms with Crippen LogP contribution in [-0.2, 0) is 32.7 Å². The van der Waals surface area contributed by atoms with Crippen LogP contribution in [0.1, 0.15) is 129 Å². The summed E-state index contributed by atoms with van der Waals surface area (Å²) < 4.78 is 33.9. The molecule has 0 aromatic carbocycles. The molecule has 46 heavy (non-hydrogen) atoms. The second-order valence-corrected chi connectivity index (χ2v) is 14.3. The molecule has 0 aliphatic heterocycles. The van der Waals surface area contributed by atoms with E-state index in [4.69, 9.17) is 18.5 Å². The lowest BCUT2D eigenvalue weighted by Gasteiger charge is -2.24. The van der Waals surface area contributed by atoms with Crippen LogP contribution in [0.2, 0.25) is 0 Å². The Balaban J connectivity index is 4.43. The largest absolute Gasteiger partial charge is 0.472 e. The number of hydrogen-bond acceptors (Lipinski definition) is 7. The first kappa shape index (κ1) is 44.2. The molecule has 0 bridgehead atoms. The summed E-state index contributed by atoms with van der Waals surface area (Å²) in [5.74, 6) is -0.830. The third-order valence-electron chi connectivity index (χ3n) is 7.18. The minimum Gasteiger partial charge on any atom is -0.462 e. The molecule has 10 heteroatoms. The Morgan fingerprint density at radius 1 is 0.696 bits per heavy atom. The lowest BCUT2D eigenvalue weighted by Crippen LogP contribution is -2.37. The van der Waals surface area contributed by atoms with Gasteiger partial charge < -0.3 is 18.9 Å². The van der Waals surface area contributed by atoms with Crippen LogP contribution in [0.25, 0.3) is 0 Å². The Kier molecular flexibility index (Phi) is 28.2. The Labute approximate surface area is 281 Å². The molecular formula is C36H67NO8P+. The van der Waals surface area contributed by atoms with Gasteiger partial charge in [0.15, 0.2) is 6.10 Å². The van der Waals surface area contributed by atoms with Gasteiger partial charge in [-0.15, -0.1) is 0 Å². The molecule has 0 aromatic rings. The van der Waals surface area contributed by atoms with E-state index in [-0.39, 0.29) is 32.0 Å². The number of ether oxygens (including phenoxy) is 2. The van der Waals surface area contributed by atoms with Crippen LogP contribution >= 0.6 is 7.82 Å². The average molecular weight is 673 g/mol. The SMILES string of the molecule is CC/C=C/C/C=C/C/C=C/CCCCCCCC(=O)OC[C@@H](COP(=O)(O)OCC[N+](C)(C)C)OC(=O)CCCCCCCCC. The van der Waals surface area contributed by atoms with Crippen molar-refractivity contribution in [3.63, 3.8) is 0 Å². The molecule has 2 atom stereocenters. The smallest absolute Gasteiger partial charge is 0.462 e. The molecule has 0 aromatic heterocycles. The summed E-state index contributed by atoms with van der Waals surface area (Å²) in [6.07, 6.45) is 29.3. The van der Waals surface area contributed by atoms with Gasteiger partial charge in [-0.25, -0.2) is 4.57 Å². The quantitative estimate of drug-likeness (QED) is 0.0256. The van der Waals surface area contributed by atoms with Gasteiger partial charge in [0.05, 0.1) is 27.7 Å². The molecule has 1 unspecified atom stereocenters. The fraction of sp³-hybridized carbons (Fsp3) is 0.778. The van der Waals surface area contributed by atoms with Gasteiger partial charge in [0.1, 0.15) is 19.8 Å². The van der Waals surface area contributed by atoms with Crippen molar-refractivity contribution in [1.82, 2.24) is 0 Å². The van der Waals surface area contributed by atoms with Crippen LogP contribution in [0.15, 0.2) is 36.5 Å². The van der Waals surface area contributed by atoms with Gasteiger partial charge in [-0.3, -0.25) is 18.6 Å². The molecule has 9 nitrogen and oxygen atoms in total. The van der Waals surface area contributed by atoms with E-state index >= 15 is 0 Å². The molecule has 0 aliphatic rings. The number of unbranched alkanes of at least 4 members (excludes halogenated alkanes) is 11. The predicted molar refractivity (Wildman–Crippen MR) is 187 cm³/mol. The number of hydrogen-bond donors (Lipinski definition) is 1. The maximum Gasteiger partial charge on any atom is 0.472 e. The van der Waals surface area contributed by atoms with Crippen molar-refractivity contribution >= 4 is 19.8 Å². The lowest BCUT2D eigenvalue weighted by atomic mass is 10.1. The van der Waals surface area contributed by atoms with Gasteiger partial charge in [0.2, 0.25) is 0 Å². The van der Waals surface area contributed by atoms with E-state index in [2.05, 4.69) is 50.3 Å². The first-order chi connectivity index (χ1) is 22.0. The van der Waals surface area contributed by atoms with Crippen molar-refractivity contribution in [2.24, 2.45) is 0 Å². The maximum atomic E-state index is 12.5. The number of esters is 2. The monoisotopic (exact) mass is 672 g/mol. The van der Waals surface area contributed by atoms with E-state index in [1.165, 1.54) is 19.3 Å². The van der Waals surface area contributed by atoms with E-state index in [0.29, 0.717) is 17.4 Å².